The molecule has 2 aromatic carbocycles. The maximum Gasteiger partial charge on any atom is 0.170 e. The number of Topliss-reactive ketones (excluding diaryl/α,β-unsaturated/α-hetero) is 1. The van der Waals surface area contributed by atoms with Gasteiger partial charge in [-0.3, -0.25) is 4.79 Å². The molecule has 1 heterocycles. The molecule has 0 radical (unpaired) electrons. The van der Waals surface area contributed by atoms with Gasteiger partial charge in [-0.05, 0) is 29.3 Å². The Morgan fingerprint density at radius 1 is 1.24 bits per heavy atom. The molecule has 3 nitrogen and oxygen atoms in total. The highest BCUT2D eigenvalue weighted by molar-refractivity contribution is 9.10. The Morgan fingerprint density at radius 3 is 2.71 bits per heavy atom. The fourth-order valence-corrected chi connectivity index (χ4v) is 2.84. The Bertz CT molecular complexity index is 664. The molecule has 1 aliphatic rings. The van der Waals surface area contributed by atoms with E-state index in [1.165, 1.54) is 0 Å². The normalized spacial score (nSPS) is 17.2. The van der Waals surface area contributed by atoms with Crippen molar-refractivity contribution in [2.75, 3.05) is 7.11 Å². The Morgan fingerprint density at radius 2 is 2.00 bits per heavy atom. The number of ether oxygens (including phenoxy) is 2. The largest absolute Gasteiger partial charge is 0.484 e. The van der Waals surface area contributed by atoms with Crippen molar-refractivity contribution in [1.29, 1.82) is 0 Å². The predicted octanol–water partition coefficient (Wildman–Crippen LogP) is 4.30. The van der Waals surface area contributed by atoms with E-state index in [4.69, 9.17) is 9.47 Å². The smallest absolute Gasteiger partial charge is 0.170 e. The lowest BCUT2D eigenvalue weighted by Crippen LogP contribution is -2.20. The number of hydrogen-bond acceptors (Lipinski definition) is 3. The summed E-state index contributed by atoms with van der Waals surface area (Å²) in [5.74, 6) is 0.768. The first-order valence-electron chi connectivity index (χ1n) is 6.74. The van der Waals surface area contributed by atoms with E-state index in [0.717, 1.165) is 15.6 Å². The summed E-state index contributed by atoms with van der Waals surface area (Å²) in [5, 5.41) is 0. The highest BCUT2D eigenvalue weighted by Gasteiger charge is 2.27. The summed E-state index contributed by atoms with van der Waals surface area (Å²) in [6.45, 7) is 0.585. The van der Waals surface area contributed by atoms with E-state index in [-0.39, 0.29) is 11.9 Å². The lowest BCUT2D eigenvalue weighted by atomic mass is 9.96. The molecule has 0 bridgehead atoms. The second-order valence-electron chi connectivity index (χ2n) is 5.05. The molecule has 108 valence electrons. The van der Waals surface area contributed by atoms with Gasteiger partial charge in [0.05, 0.1) is 18.6 Å². The average Bonchev–Trinajstić information content (AvgIpc) is 2.49. The van der Waals surface area contributed by atoms with Gasteiger partial charge in [-0.2, -0.15) is 0 Å². The number of carbonyl (C=O) groups is 1. The first-order chi connectivity index (χ1) is 10.2. The van der Waals surface area contributed by atoms with Crippen molar-refractivity contribution in [3.63, 3.8) is 0 Å². The average molecular weight is 347 g/mol. The molecule has 0 amide bonds. The maximum atomic E-state index is 12.3. The molecule has 1 aliphatic heterocycles. The van der Waals surface area contributed by atoms with Gasteiger partial charge in [0.25, 0.3) is 0 Å². The fraction of sp³-hybridized carbons (Fsp3) is 0.235. The number of benzene rings is 2. The minimum absolute atomic E-state index is 0.114. The fourth-order valence-electron chi connectivity index (χ4n) is 2.48. The van der Waals surface area contributed by atoms with E-state index < -0.39 is 0 Å². The molecule has 0 saturated heterocycles. The zero-order valence-corrected chi connectivity index (χ0v) is 13.2. The van der Waals surface area contributed by atoms with Crippen molar-refractivity contribution in [3.8, 4) is 5.75 Å². The molecule has 21 heavy (non-hydrogen) atoms. The molecule has 3 rings (SSSR count). The van der Waals surface area contributed by atoms with E-state index in [1.54, 1.807) is 7.11 Å². The molecular weight excluding hydrogens is 332 g/mol. The van der Waals surface area contributed by atoms with Gasteiger partial charge in [-0.15, -0.1) is 0 Å². The second kappa shape index (κ2) is 6.00. The number of methoxy groups -OCH3 is 1. The topological polar surface area (TPSA) is 35.5 Å². The molecule has 2 aromatic rings. The van der Waals surface area contributed by atoms with Crippen LogP contribution in [0.2, 0.25) is 0 Å². The molecule has 0 saturated carbocycles. The van der Waals surface area contributed by atoms with Crippen LogP contribution < -0.4 is 4.74 Å². The third-order valence-corrected chi connectivity index (χ3v) is 4.04. The van der Waals surface area contributed by atoms with Gasteiger partial charge < -0.3 is 9.47 Å². The van der Waals surface area contributed by atoms with Crippen molar-refractivity contribution in [1.82, 2.24) is 0 Å². The molecule has 0 fully saturated rings. The van der Waals surface area contributed by atoms with E-state index in [1.807, 2.05) is 42.5 Å². The van der Waals surface area contributed by atoms with E-state index in [2.05, 4.69) is 15.9 Å². The van der Waals surface area contributed by atoms with Crippen molar-refractivity contribution < 1.29 is 14.3 Å². The summed E-state index contributed by atoms with van der Waals surface area (Å²) >= 11 is 3.38. The SMILES string of the molecule is COCc1ccc(C2CC(=O)c3cc(Br)ccc3O2)cc1. The van der Waals surface area contributed by atoms with Gasteiger partial charge >= 0.3 is 0 Å². The summed E-state index contributed by atoms with van der Waals surface area (Å²) < 4.78 is 12.0. The summed E-state index contributed by atoms with van der Waals surface area (Å²) in [7, 11) is 1.67. The van der Waals surface area contributed by atoms with Crippen LogP contribution in [0, 0.1) is 0 Å². The lowest BCUT2D eigenvalue weighted by molar-refractivity contribution is 0.0850. The highest BCUT2D eigenvalue weighted by atomic mass is 79.9. The van der Waals surface area contributed by atoms with Crippen LogP contribution in [0.3, 0.4) is 0 Å². The van der Waals surface area contributed by atoms with Gasteiger partial charge in [0.1, 0.15) is 11.9 Å². The molecular formula is C17H15BrO3. The first kappa shape index (κ1) is 14.3. The Labute approximate surface area is 132 Å². The third-order valence-electron chi connectivity index (χ3n) is 3.54. The van der Waals surface area contributed by atoms with E-state index in [9.17, 15) is 4.79 Å². The molecule has 1 unspecified atom stereocenters. The van der Waals surface area contributed by atoms with E-state index >= 15 is 0 Å². The van der Waals surface area contributed by atoms with Gasteiger partial charge in [-0.25, -0.2) is 0 Å². The Hall–Kier alpha value is -1.65. The molecule has 0 N–H and O–H groups in total. The number of hydrogen-bond donors (Lipinski definition) is 0. The van der Waals surface area contributed by atoms with Crippen LogP contribution in [-0.2, 0) is 11.3 Å². The van der Waals surface area contributed by atoms with Crippen LogP contribution in [0.5, 0.6) is 5.75 Å². The molecule has 0 spiro atoms. The standard InChI is InChI=1S/C17H15BrO3/c1-20-10-11-2-4-12(5-3-11)17-9-15(19)14-8-13(18)6-7-16(14)21-17/h2-8,17H,9-10H2,1H3. The highest BCUT2D eigenvalue weighted by Crippen LogP contribution is 2.36. The summed E-state index contributed by atoms with van der Waals surface area (Å²) in [6.07, 6.45) is 0.148. The quantitative estimate of drug-likeness (QED) is 0.830. The van der Waals surface area contributed by atoms with Crippen molar-refractivity contribution in [2.24, 2.45) is 0 Å². The zero-order valence-electron chi connectivity index (χ0n) is 11.6. The number of ketones is 1. The molecule has 1 atom stereocenters. The van der Waals surface area contributed by atoms with Crippen molar-refractivity contribution in [2.45, 2.75) is 19.1 Å². The van der Waals surface area contributed by atoms with Crippen molar-refractivity contribution in [3.05, 3.63) is 63.6 Å². The minimum atomic E-state index is -0.220. The second-order valence-corrected chi connectivity index (χ2v) is 5.96. The van der Waals surface area contributed by atoms with E-state index in [0.29, 0.717) is 24.3 Å². The number of rotatable bonds is 3. The monoisotopic (exact) mass is 346 g/mol. The Balaban J connectivity index is 1.85. The van der Waals surface area contributed by atoms with Crippen LogP contribution in [0.4, 0.5) is 0 Å². The number of fused-ring (bicyclic) bond motifs is 1. The Kier molecular flexibility index (Phi) is 4.08. The third kappa shape index (κ3) is 3.01. The van der Waals surface area contributed by atoms with Gasteiger partial charge in [-0.1, -0.05) is 40.2 Å². The predicted molar refractivity (Wildman–Crippen MR) is 83.6 cm³/mol. The summed E-state index contributed by atoms with van der Waals surface area (Å²) in [5.41, 5.74) is 2.76. The van der Waals surface area contributed by atoms with Gasteiger partial charge in [0.2, 0.25) is 0 Å². The number of halogens is 1. The summed E-state index contributed by atoms with van der Waals surface area (Å²) in [4.78, 5) is 12.3. The molecule has 0 aromatic heterocycles. The van der Waals surface area contributed by atoms with Crippen LogP contribution in [0.1, 0.15) is 34.0 Å². The maximum absolute atomic E-state index is 12.3. The van der Waals surface area contributed by atoms with Crippen LogP contribution in [0.15, 0.2) is 46.9 Å². The first-order valence-corrected chi connectivity index (χ1v) is 7.54. The lowest BCUT2D eigenvalue weighted by Gasteiger charge is -2.25. The van der Waals surface area contributed by atoms with Gasteiger partial charge in [0, 0.05) is 11.6 Å². The van der Waals surface area contributed by atoms with Crippen LogP contribution in [-0.4, -0.2) is 12.9 Å². The van der Waals surface area contributed by atoms with Crippen LogP contribution in [0.25, 0.3) is 0 Å². The van der Waals surface area contributed by atoms with Crippen molar-refractivity contribution >= 4 is 21.7 Å². The zero-order chi connectivity index (χ0) is 14.8. The molecule has 0 aliphatic carbocycles. The van der Waals surface area contributed by atoms with Crippen LogP contribution >= 0.6 is 15.9 Å². The number of carbonyl (C=O) groups excluding carboxylic acids is 1. The minimum Gasteiger partial charge on any atom is -0.484 e. The molecule has 4 heteroatoms. The van der Waals surface area contributed by atoms with Gasteiger partial charge in [0.15, 0.2) is 5.78 Å². The summed E-state index contributed by atoms with van der Waals surface area (Å²) in [6, 6.07) is 13.5.